The maximum atomic E-state index is 13.1. The Morgan fingerprint density at radius 2 is 2.00 bits per heavy atom. The summed E-state index contributed by atoms with van der Waals surface area (Å²) in [6.45, 7) is 6.60. The molecule has 2 saturated carbocycles. The average Bonchev–Trinajstić information content (AvgIpc) is 2.59. The van der Waals surface area contributed by atoms with Crippen molar-refractivity contribution in [1.82, 2.24) is 5.32 Å². The Morgan fingerprint density at radius 1 is 1.32 bits per heavy atom. The Balaban J connectivity index is 1.72. The molecule has 1 aromatic carbocycles. The third kappa shape index (κ3) is 3.32. The van der Waals surface area contributed by atoms with Gasteiger partial charge in [-0.1, -0.05) is 38.5 Å². The molecule has 0 aliphatic heterocycles. The number of ether oxygens (including phenoxy) is 1. The van der Waals surface area contributed by atoms with E-state index in [0.717, 1.165) is 25.3 Å². The second-order valence-corrected chi connectivity index (χ2v) is 8.74. The number of hydrogen-bond acceptors (Lipinski definition) is 3. The number of amides is 1. The van der Waals surface area contributed by atoms with Gasteiger partial charge in [0.25, 0.3) is 0 Å². The average molecular weight is 398 g/mol. The highest BCUT2D eigenvalue weighted by molar-refractivity contribution is 5.89. The van der Waals surface area contributed by atoms with Crippen LogP contribution in [0.2, 0.25) is 0 Å². The molecular weight excluding hydrogens is 369 g/mol. The van der Waals surface area contributed by atoms with E-state index in [-0.39, 0.29) is 12.0 Å². The van der Waals surface area contributed by atoms with Crippen LogP contribution in [-0.4, -0.2) is 30.7 Å². The summed E-state index contributed by atoms with van der Waals surface area (Å²) < 4.78 is 44.9. The van der Waals surface area contributed by atoms with Gasteiger partial charge in [0, 0.05) is 30.4 Å². The SMILES string of the molecule is CCOC1CC(N)(C(=O)NCC2(c3cccc(C(F)(F)F)c3)CCC2)C1(C)C. The number of carbonyl (C=O) groups excluding carboxylic acids is 1. The highest BCUT2D eigenvalue weighted by atomic mass is 19.4. The molecule has 2 atom stereocenters. The maximum Gasteiger partial charge on any atom is 0.416 e. The van der Waals surface area contributed by atoms with Crippen molar-refractivity contribution in [3.63, 3.8) is 0 Å². The molecule has 0 bridgehead atoms. The number of hydrogen-bond donors (Lipinski definition) is 2. The molecule has 0 spiro atoms. The van der Waals surface area contributed by atoms with Gasteiger partial charge in [-0.05, 0) is 31.4 Å². The number of benzene rings is 1. The Morgan fingerprint density at radius 3 is 2.50 bits per heavy atom. The predicted octanol–water partition coefficient (Wildman–Crippen LogP) is 3.78. The maximum absolute atomic E-state index is 13.1. The van der Waals surface area contributed by atoms with Crippen LogP contribution >= 0.6 is 0 Å². The van der Waals surface area contributed by atoms with Crippen molar-refractivity contribution in [3.8, 4) is 0 Å². The van der Waals surface area contributed by atoms with Crippen LogP contribution in [0.3, 0.4) is 0 Å². The third-order valence-electron chi connectivity index (χ3n) is 6.94. The summed E-state index contributed by atoms with van der Waals surface area (Å²) in [5.41, 5.74) is 4.38. The van der Waals surface area contributed by atoms with Crippen LogP contribution in [0.25, 0.3) is 0 Å². The Hall–Kier alpha value is -1.60. The molecule has 2 aliphatic carbocycles. The van der Waals surface area contributed by atoms with Crippen molar-refractivity contribution in [1.29, 1.82) is 0 Å². The van der Waals surface area contributed by atoms with E-state index in [9.17, 15) is 18.0 Å². The molecule has 0 heterocycles. The molecule has 28 heavy (non-hydrogen) atoms. The summed E-state index contributed by atoms with van der Waals surface area (Å²) in [6, 6.07) is 5.44. The zero-order valence-corrected chi connectivity index (χ0v) is 16.7. The number of nitrogens with two attached hydrogens (primary N) is 1. The van der Waals surface area contributed by atoms with Crippen LogP contribution in [0.5, 0.6) is 0 Å². The highest BCUT2D eigenvalue weighted by Gasteiger charge is 2.63. The lowest BCUT2D eigenvalue weighted by Crippen LogP contribution is -2.76. The van der Waals surface area contributed by atoms with Crippen molar-refractivity contribution < 1.29 is 22.7 Å². The largest absolute Gasteiger partial charge is 0.416 e. The van der Waals surface area contributed by atoms with Crippen molar-refractivity contribution in [2.45, 2.75) is 69.7 Å². The molecule has 1 aromatic rings. The number of halogens is 3. The monoisotopic (exact) mass is 398 g/mol. The van der Waals surface area contributed by atoms with Gasteiger partial charge in [0.05, 0.1) is 11.7 Å². The van der Waals surface area contributed by atoms with Crippen LogP contribution in [0.1, 0.15) is 57.6 Å². The Labute approximate surface area is 164 Å². The van der Waals surface area contributed by atoms with Gasteiger partial charge in [-0.25, -0.2) is 0 Å². The Kier molecular flexibility index (Phi) is 5.30. The van der Waals surface area contributed by atoms with Crippen LogP contribution in [0.4, 0.5) is 13.2 Å². The topological polar surface area (TPSA) is 64.3 Å². The molecule has 3 N–H and O–H groups in total. The lowest BCUT2D eigenvalue weighted by molar-refractivity contribution is -0.171. The van der Waals surface area contributed by atoms with E-state index in [1.165, 1.54) is 12.1 Å². The molecule has 2 unspecified atom stereocenters. The molecule has 0 saturated heterocycles. The summed E-state index contributed by atoms with van der Waals surface area (Å²) in [5.74, 6) is -0.258. The predicted molar refractivity (Wildman–Crippen MR) is 101 cm³/mol. The van der Waals surface area contributed by atoms with Crippen LogP contribution < -0.4 is 11.1 Å². The fourth-order valence-electron chi connectivity index (χ4n) is 4.42. The second-order valence-electron chi connectivity index (χ2n) is 8.74. The van der Waals surface area contributed by atoms with Gasteiger partial charge >= 0.3 is 6.18 Å². The Bertz CT molecular complexity index is 743. The summed E-state index contributed by atoms with van der Waals surface area (Å²) in [4.78, 5) is 12.9. The summed E-state index contributed by atoms with van der Waals surface area (Å²) in [5, 5.41) is 2.94. The lowest BCUT2D eigenvalue weighted by Gasteiger charge is -2.58. The number of rotatable bonds is 6. The molecule has 7 heteroatoms. The van der Waals surface area contributed by atoms with Gasteiger partial charge in [-0.3, -0.25) is 4.79 Å². The molecule has 1 amide bonds. The molecular formula is C21H29F3N2O2. The van der Waals surface area contributed by atoms with Crippen LogP contribution in [0.15, 0.2) is 24.3 Å². The van der Waals surface area contributed by atoms with E-state index >= 15 is 0 Å². The van der Waals surface area contributed by atoms with E-state index in [4.69, 9.17) is 10.5 Å². The molecule has 0 radical (unpaired) electrons. The number of nitrogens with one attached hydrogen (secondary N) is 1. The van der Waals surface area contributed by atoms with Crippen LogP contribution in [0, 0.1) is 5.41 Å². The van der Waals surface area contributed by atoms with E-state index in [1.54, 1.807) is 6.07 Å². The summed E-state index contributed by atoms with van der Waals surface area (Å²) >= 11 is 0. The summed E-state index contributed by atoms with van der Waals surface area (Å²) in [7, 11) is 0. The van der Waals surface area contributed by atoms with Crippen molar-refractivity contribution in [2.24, 2.45) is 11.1 Å². The first kappa shape index (κ1) is 21.1. The zero-order valence-electron chi connectivity index (χ0n) is 16.7. The van der Waals surface area contributed by atoms with Gasteiger partial charge in [-0.15, -0.1) is 0 Å². The van der Waals surface area contributed by atoms with E-state index < -0.39 is 28.1 Å². The normalized spacial score (nSPS) is 28.2. The minimum absolute atomic E-state index is 0.0746. The molecule has 156 valence electrons. The van der Waals surface area contributed by atoms with Crippen molar-refractivity contribution >= 4 is 5.91 Å². The fourth-order valence-corrected chi connectivity index (χ4v) is 4.42. The minimum Gasteiger partial charge on any atom is -0.378 e. The summed E-state index contributed by atoms with van der Waals surface area (Å²) in [6.07, 6.45) is -1.59. The van der Waals surface area contributed by atoms with E-state index in [1.807, 2.05) is 20.8 Å². The van der Waals surface area contributed by atoms with Gasteiger partial charge < -0.3 is 15.8 Å². The van der Waals surface area contributed by atoms with Crippen molar-refractivity contribution in [2.75, 3.05) is 13.2 Å². The van der Waals surface area contributed by atoms with Gasteiger partial charge in [0.15, 0.2) is 0 Å². The number of carbonyl (C=O) groups is 1. The standard InChI is InChI=1S/C21H29F3N2O2/c1-4-28-16-12-20(25,18(16,2)3)17(27)26-13-19(9-6-10-19)14-7-5-8-15(11-14)21(22,23)24/h5,7-8,11,16H,4,6,9-10,12-13,25H2,1-3H3,(H,26,27). The third-order valence-corrected chi connectivity index (χ3v) is 6.94. The van der Waals surface area contributed by atoms with Gasteiger partial charge in [0.1, 0.15) is 5.54 Å². The zero-order chi connectivity index (χ0) is 20.8. The van der Waals surface area contributed by atoms with E-state index in [0.29, 0.717) is 25.1 Å². The first-order valence-electron chi connectivity index (χ1n) is 9.83. The number of alkyl halides is 3. The molecule has 3 rings (SSSR count). The van der Waals surface area contributed by atoms with Crippen LogP contribution in [-0.2, 0) is 21.1 Å². The first-order chi connectivity index (χ1) is 13.0. The smallest absolute Gasteiger partial charge is 0.378 e. The quantitative estimate of drug-likeness (QED) is 0.767. The van der Waals surface area contributed by atoms with Gasteiger partial charge in [0.2, 0.25) is 5.91 Å². The molecule has 2 aliphatic rings. The van der Waals surface area contributed by atoms with E-state index in [2.05, 4.69) is 5.32 Å². The minimum atomic E-state index is -4.38. The second kappa shape index (κ2) is 7.02. The molecule has 2 fully saturated rings. The lowest BCUT2D eigenvalue weighted by atomic mass is 9.54. The highest BCUT2D eigenvalue weighted by Crippen LogP contribution is 2.50. The fraction of sp³-hybridized carbons (Fsp3) is 0.667. The molecule has 0 aromatic heterocycles. The first-order valence-corrected chi connectivity index (χ1v) is 9.83. The van der Waals surface area contributed by atoms with Crippen molar-refractivity contribution in [3.05, 3.63) is 35.4 Å². The molecule has 4 nitrogen and oxygen atoms in total. The van der Waals surface area contributed by atoms with Gasteiger partial charge in [-0.2, -0.15) is 13.2 Å².